The van der Waals surface area contributed by atoms with Gasteiger partial charge in [-0.15, -0.1) is 0 Å². The van der Waals surface area contributed by atoms with E-state index in [1.54, 1.807) is 45.0 Å². The normalized spacial score (nSPS) is 10.8. The zero-order chi connectivity index (χ0) is 12.9. The number of rotatable bonds is 3. The van der Waals surface area contributed by atoms with Gasteiger partial charge in [-0.1, -0.05) is 18.2 Å². The van der Waals surface area contributed by atoms with Crippen LogP contribution < -0.4 is 4.90 Å². The Bertz CT molecular complexity index is 381. The summed E-state index contributed by atoms with van der Waals surface area (Å²) < 4.78 is 5.23. The quantitative estimate of drug-likeness (QED) is 0.756. The molecule has 4 heteroatoms. The van der Waals surface area contributed by atoms with E-state index in [0.29, 0.717) is 12.0 Å². The van der Waals surface area contributed by atoms with Gasteiger partial charge in [-0.25, -0.2) is 4.79 Å². The number of hydrogen-bond acceptors (Lipinski definition) is 3. The van der Waals surface area contributed by atoms with Crippen LogP contribution in [0.15, 0.2) is 30.3 Å². The molecule has 0 aromatic heterocycles. The van der Waals surface area contributed by atoms with Crippen molar-refractivity contribution in [3.05, 3.63) is 30.3 Å². The molecule has 92 valence electrons. The zero-order valence-corrected chi connectivity index (χ0v) is 10.3. The first kappa shape index (κ1) is 13.2. The van der Waals surface area contributed by atoms with Gasteiger partial charge in [0.15, 0.2) is 0 Å². The van der Waals surface area contributed by atoms with E-state index in [1.165, 1.54) is 4.90 Å². The second-order valence-electron chi connectivity index (χ2n) is 4.59. The van der Waals surface area contributed by atoms with Crippen molar-refractivity contribution in [2.45, 2.75) is 26.4 Å². The Morgan fingerprint density at radius 3 is 2.35 bits per heavy atom. The Morgan fingerprint density at radius 2 is 1.88 bits per heavy atom. The largest absolute Gasteiger partial charge is 0.443 e. The summed E-state index contributed by atoms with van der Waals surface area (Å²) >= 11 is 0. The predicted octanol–water partition coefficient (Wildman–Crippen LogP) is 2.63. The summed E-state index contributed by atoms with van der Waals surface area (Å²) in [7, 11) is 0. The van der Waals surface area contributed by atoms with Crippen molar-refractivity contribution in [1.82, 2.24) is 0 Å². The fourth-order valence-electron chi connectivity index (χ4n) is 1.28. The van der Waals surface area contributed by atoms with Gasteiger partial charge >= 0.3 is 6.09 Å². The molecule has 17 heavy (non-hydrogen) atoms. The van der Waals surface area contributed by atoms with Crippen LogP contribution in [0.1, 0.15) is 20.8 Å². The molecule has 0 saturated heterocycles. The number of carbonyl (C=O) groups is 2. The first-order chi connectivity index (χ1) is 7.94. The van der Waals surface area contributed by atoms with E-state index in [2.05, 4.69) is 0 Å². The van der Waals surface area contributed by atoms with Gasteiger partial charge < -0.3 is 9.53 Å². The van der Waals surface area contributed by atoms with Crippen molar-refractivity contribution in [2.24, 2.45) is 0 Å². The van der Waals surface area contributed by atoms with Crippen molar-refractivity contribution in [1.29, 1.82) is 0 Å². The van der Waals surface area contributed by atoms with Gasteiger partial charge in [-0.2, -0.15) is 0 Å². The molecule has 4 nitrogen and oxygen atoms in total. The highest BCUT2D eigenvalue weighted by Gasteiger charge is 2.22. The van der Waals surface area contributed by atoms with Gasteiger partial charge in [0.25, 0.3) is 0 Å². The Balaban J connectivity index is 2.87. The third-order valence-corrected chi connectivity index (χ3v) is 1.94. The molecule has 0 unspecified atom stereocenters. The van der Waals surface area contributed by atoms with Crippen LogP contribution in [-0.2, 0) is 9.53 Å². The number of nitrogens with zero attached hydrogens (tertiary/aromatic N) is 1. The van der Waals surface area contributed by atoms with E-state index >= 15 is 0 Å². The average Bonchev–Trinajstić information content (AvgIpc) is 2.24. The van der Waals surface area contributed by atoms with E-state index in [1.807, 2.05) is 6.07 Å². The molecule has 0 atom stereocenters. The minimum atomic E-state index is -0.576. The summed E-state index contributed by atoms with van der Waals surface area (Å²) in [6.45, 7) is 5.35. The topological polar surface area (TPSA) is 46.6 Å². The van der Waals surface area contributed by atoms with Crippen molar-refractivity contribution in [3.8, 4) is 0 Å². The Labute approximate surface area is 101 Å². The molecular formula is C13H17NO3. The number of aldehydes is 1. The van der Waals surface area contributed by atoms with Crippen molar-refractivity contribution in [2.75, 3.05) is 11.4 Å². The molecule has 0 bridgehead atoms. The highest BCUT2D eigenvalue weighted by molar-refractivity contribution is 5.90. The van der Waals surface area contributed by atoms with Gasteiger partial charge in [-0.05, 0) is 32.9 Å². The van der Waals surface area contributed by atoms with Crippen molar-refractivity contribution in [3.63, 3.8) is 0 Å². The Morgan fingerprint density at radius 1 is 1.29 bits per heavy atom. The van der Waals surface area contributed by atoms with Crippen LogP contribution in [0.25, 0.3) is 0 Å². The van der Waals surface area contributed by atoms with E-state index < -0.39 is 11.7 Å². The first-order valence-corrected chi connectivity index (χ1v) is 5.43. The summed E-state index contributed by atoms with van der Waals surface area (Å²) in [5, 5.41) is 0. The molecule has 0 spiro atoms. The van der Waals surface area contributed by atoms with Gasteiger partial charge in [-0.3, -0.25) is 4.90 Å². The smallest absolute Gasteiger partial charge is 0.415 e. The van der Waals surface area contributed by atoms with Gasteiger partial charge in [0.2, 0.25) is 0 Å². The predicted molar refractivity (Wildman–Crippen MR) is 66.1 cm³/mol. The maximum atomic E-state index is 11.9. The van der Waals surface area contributed by atoms with E-state index in [0.717, 1.165) is 0 Å². The molecule has 0 N–H and O–H groups in total. The lowest BCUT2D eigenvalue weighted by Gasteiger charge is -2.26. The number of hydrogen-bond donors (Lipinski definition) is 0. The summed E-state index contributed by atoms with van der Waals surface area (Å²) in [6.07, 6.45) is 0.160. The molecule has 1 aromatic carbocycles. The molecule has 1 amide bonds. The number of ether oxygens (including phenoxy) is 1. The molecule has 0 aliphatic heterocycles. The lowest BCUT2D eigenvalue weighted by molar-refractivity contribution is -0.106. The fourth-order valence-corrected chi connectivity index (χ4v) is 1.28. The van der Waals surface area contributed by atoms with Crippen LogP contribution in [0.5, 0.6) is 0 Å². The Hall–Kier alpha value is -1.84. The van der Waals surface area contributed by atoms with Crippen molar-refractivity contribution >= 4 is 18.1 Å². The van der Waals surface area contributed by atoms with Gasteiger partial charge in [0.1, 0.15) is 11.9 Å². The van der Waals surface area contributed by atoms with Crippen LogP contribution in [0.4, 0.5) is 10.5 Å². The highest BCUT2D eigenvalue weighted by atomic mass is 16.6. The molecular weight excluding hydrogens is 218 g/mol. The zero-order valence-electron chi connectivity index (χ0n) is 10.3. The summed E-state index contributed by atoms with van der Waals surface area (Å²) in [4.78, 5) is 23.8. The first-order valence-electron chi connectivity index (χ1n) is 5.43. The molecule has 0 heterocycles. The maximum Gasteiger partial charge on any atom is 0.415 e. The highest BCUT2D eigenvalue weighted by Crippen LogP contribution is 2.17. The molecule has 1 aromatic rings. The van der Waals surface area contributed by atoms with Crippen LogP contribution in [-0.4, -0.2) is 24.5 Å². The standard InChI is InChI=1S/C13H17NO3/c1-13(2,3)17-12(16)14(9-10-15)11-7-5-4-6-8-11/h4-8,10H,9H2,1-3H3. The molecule has 0 aliphatic rings. The molecule has 0 saturated carbocycles. The molecule has 1 rings (SSSR count). The van der Waals surface area contributed by atoms with Crippen LogP contribution in [0.2, 0.25) is 0 Å². The molecule has 0 radical (unpaired) electrons. The maximum absolute atomic E-state index is 11.9. The number of benzene rings is 1. The van der Waals surface area contributed by atoms with E-state index in [9.17, 15) is 9.59 Å². The molecule has 0 aliphatic carbocycles. The number of para-hydroxylation sites is 1. The second-order valence-corrected chi connectivity index (χ2v) is 4.59. The third-order valence-electron chi connectivity index (χ3n) is 1.94. The summed E-state index contributed by atoms with van der Waals surface area (Å²) in [6, 6.07) is 8.97. The second kappa shape index (κ2) is 5.48. The lowest BCUT2D eigenvalue weighted by atomic mass is 10.2. The number of amides is 1. The summed E-state index contributed by atoms with van der Waals surface area (Å²) in [5.41, 5.74) is 0.0707. The minimum absolute atomic E-state index is 0.0150. The lowest BCUT2D eigenvalue weighted by Crippen LogP contribution is -2.37. The van der Waals surface area contributed by atoms with E-state index in [-0.39, 0.29) is 6.54 Å². The summed E-state index contributed by atoms with van der Waals surface area (Å²) in [5.74, 6) is 0. The number of carbonyl (C=O) groups excluding carboxylic acids is 2. The fraction of sp³-hybridized carbons (Fsp3) is 0.385. The van der Waals surface area contributed by atoms with Gasteiger partial charge in [0.05, 0.1) is 6.54 Å². The third kappa shape index (κ3) is 4.26. The van der Waals surface area contributed by atoms with Crippen LogP contribution in [0, 0.1) is 0 Å². The Kier molecular flexibility index (Phi) is 4.26. The molecule has 0 fully saturated rings. The van der Waals surface area contributed by atoms with Crippen LogP contribution >= 0.6 is 0 Å². The van der Waals surface area contributed by atoms with Crippen molar-refractivity contribution < 1.29 is 14.3 Å². The number of anilines is 1. The van der Waals surface area contributed by atoms with E-state index in [4.69, 9.17) is 4.74 Å². The minimum Gasteiger partial charge on any atom is -0.443 e. The van der Waals surface area contributed by atoms with Crippen LogP contribution in [0.3, 0.4) is 0 Å². The average molecular weight is 235 g/mol. The van der Waals surface area contributed by atoms with Gasteiger partial charge in [0, 0.05) is 5.69 Å². The SMILES string of the molecule is CC(C)(C)OC(=O)N(CC=O)c1ccccc1. The monoisotopic (exact) mass is 235 g/mol.